The lowest BCUT2D eigenvalue weighted by molar-refractivity contribution is -0.137. The summed E-state index contributed by atoms with van der Waals surface area (Å²) in [6.07, 6.45) is -3.31. The van der Waals surface area contributed by atoms with E-state index < -0.39 is 27.6 Å². The summed E-state index contributed by atoms with van der Waals surface area (Å²) in [4.78, 5) is 2.27. The van der Waals surface area contributed by atoms with Crippen molar-refractivity contribution in [2.75, 3.05) is 17.4 Å². The van der Waals surface area contributed by atoms with E-state index in [0.717, 1.165) is 23.3 Å². The van der Waals surface area contributed by atoms with Crippen molar-refractivity contribution in [3.05, 3.63) is 95.3 Å². The lowest BCUT2D eigenvalue weighted by Gasteiger charge is -2.39. The zero-order chi connectivity index (χ0) is 25.2. The minimum Gasteiger partial charge on any atom is -0.299 e. The van der Waals surface area contributed by atoms with Gasteiger partial charge in [0.05, 0.1) is 16.1 Å². The standard InChI is InChI=1S/C26H26F4N2O2S/c1-19-3-2-4-25(17-19)35(33,34)32(23-11-9-22(27)10-12-23)24-13-15-31(16-14-24)18-20-5-7-21(8-6-20)26(28,29)30/h2-12,17,24H,13-16,18H2,1H3. The Hall–Kier alpha value is -2.91. The van der Waals surface area contributed by atoms with E-state index in [0.29, 0.717) is 38.2 Å². The molecule has 3 aromatic rings. The number of rotatable bonds is 6. The Labute approximate surface area is 202 Å². The SMILES string of the molecule is Cc1cccc(S(=O)(=O)N(c2ccc(F)cc2)C2CCN(Cc3ccc(C(F)(F)F)cc3)CC2)c1. The van der Waals surface area contributed by atoms with Crippen molar-refractivity contribution in [3.8, 4) is 0 Å². The fourth-order valence-corrected chi connectivity index (χ4v) is 6.21. The second-order valence-corrected chi connectivity index (χ2v) is 10.6. The number of nitrogens with zero attached hydrogens (tertiary/aromatic N) is 2. The van der Waals surface area contributed by atoms with Crippen molar-refractivity contribution in [2.45, 2.75) is 43.4 Å². The summed E-state index contributed by atoms with van der Waals surface area (Å²) < 4.78 is 80.8. The molecule has 0 bridgehead atoms. The lowest BCUT2D eigenvalue weighted by Crippen LogP contribution is -2.47. The molecule has 1 aliphatic rings. The molecule has 1 aliphatic heterocycles. The number of halogens is 4. The Balaban J connectivity index is 1.52. The van der Waals surface area contributed by atoms with Gasteiger partial charge in [-0.1, -0.05) is 24.3 Å². The van der Waals surface area contributed by atoms with Crippen LogP contribution in [-0.4, -0.2) is 32.4 Å². The summed E-state index contributed by atoms with van der Waals surface area (Å²) in [5.41, 5.74) is 1.29. The molecule has 0 aromatic heterocycles. The van der Waals surface area contributed by atoms with Crippen LogP contribution < -0.4 is 4.31 Å². The van der Waals surface area contributed by atoms with Crippen LogP contribution in [0.2, 0.25) is 0 Å². The molecule has 0 atom stereocenters. The van der Waals surface area contributed by atoms with Gasteiger partial charge in [0.1, 0.15) is 5.82 Å². The molecule has 4 nitrogen and oxygen atoms in total. The van der Waals surface area contributed by atoms with Crippen molar-refractivity contribution in [1.29, 1.82) is 0 Å². The van der Waals surface area contributed by atoms with Crippen LogP contribution in [0.15, 0.2) is 77.7 Å². The highest BCUT2D eigenvalue weighted by Crippen LogP contribution is 2.32. The highest BCUT2D eigenvalue weighted by Gasteiger charge is 2.34. The van der Waals surface area contributed by atoms with Gasteiger partial charge in [-0.3, -0.25) is 9.21 Å². The van der Waals surface area contributed by atoms with E-state index in [1.54, 1.807) is 18.2 Å². The van der Waals surface area contributed by atoms with E-state index in [2.05, 4.69) is 4.90 Å². The van der Waals surface area contributed by atoms with Gasteiger partial charge in [-0.05, 0) is 79.4 Å². The molecule has 0 radical (unpaired) electrons. The largest absolute Gasteiger partial charge is 0.416 e. The predicted molar refractivity (Wildman–Crippen MR) is 127 cm³/mol. The molecule has 0 spiro atoms. The van der Waals surface area contributed by atoms with Gasteiger partial charge in [0.15, 0.2) is 0 Å². The third kappa shape index (κ3) is 5.85. The van der Waals surface area contributed by atoms with E-state index in [1.807, 2.05) is 13.0 Å². The molecule has 0 aliphatic carbocycles. The number of alkyl halides is 3. The Bertz CT molecular complexity index is 1250. The van der Waals surface area contributed by atoms with Crippen LogP contribution in [0.3, 0.4) is 0 Å². The Morgan fingerprint density at radius 3 is 2.14 bits per heavy atom. The number of piperidine rings is 1. The third-order valence-corrected chi connectivity index (χ3v) is 8.08. The fraction of sp³-hybridized carbons (Fsp3) is 0.308. The number of benzene rings is 3. The zero-order valence-corrected chi connectivity index (χ0v) is 20.0. The molecular formula is C26H26F4N2O2S. The quantitative estimate of drug-likeness (QED) is 0.385. The van der Waals surface area contributed by atoms with Gasteiger partial charge >= 0.3 is 6.18 Å². The van der Waals surface area contributed by atoms with E-state index in [1.165, 1.54) is 40.7 Å². The first-order valence-corrected chi connectivity index (χ1v) is 12.7. The first kappa shape index (κ1) is 25.2. The summed E-state index contributed by atoms with van der Waals surface area (Å²) in [5.74, 6) is -0.451. The first-order chi connectivity index (χ1) is 16.5. The number of likely N-dealkylation sites (tertiary alicyclic amines) is 1. The zero-order valence-electron chi connectivity index (χ0n) is 19.2. The van der Waals surface area contributed by atoms with Crippen molar-refractivity contribution < 1.29 is 26.0 Å². The average molecular weight is 507 g/mol. The molecule has 4 rings (SSSR count). The number of hydrogen-bond acceptors (Lipinski definition) is 3. The van der Waals surface area contributed by atoms with Gasteiger partial charge in [-0.25, -0.2) is 12.8 Å². The normalized spacial score (nSPS) is 15.8. The second-order valence-electron chi connectivity index (χ2n) is 8.80. The second kappa shape index (κ2) is 9.99. The topological polar surface area (TPSA) is 40.6 Å². The maximum atomic E-state index is 13.7. The number of hydrogen-bond donors (Lipinski definition) is 0. The van der Waals surface area contributed by atoms with Crippen LogP contribution in [0.25, 0.3) is 0 Å². The number of sulfonamides is 1. The van der Waals surface area contributed by atoms with Gasteiger partial charge in [-0.2, -0.15) is 13.2 Å². The monoisotopic (exact) mass is 506 g/mol. The van der Waals surface area contributed by atoms with Gasteiger partial charge in [0.2, 0.25) is 0 Å². The minimum atomic E-state index is -4.37. The third-order valence-electron chi connectivity index (χ3n) is 6.20. The highest BCUT2D eigenvalue weighted by atomic mass is 32.2. The van der Waals surface area contributed by atoms with E-state index in [9.17, 15) is 26.0 Å². The van der Waals surface area contributed by atoms with E-state index in [-0.39, 0.29) is 10.9 Å². The van der Waals surface area contributed by atoms with Crippen molar-refractivity contribution in [2.24, 2.45) is 0 Å². The molecule has 1 saturated heterocycles. The van der Waals surface area contributed by atoms with Crippen LogP contribution in [0, 0.1) is 12.7 Å². The Morgan fingerprint density at radius 2 is 1.57 bits per heavy atom. The number of anilines is 1. The molecule has 3 aromatic carbocycles. The van der Waals surface area contributed by atoms with Crippen LogP contribution >= 0.6 is 0 Å². The summed E-state index contributed by atoms with van der Waals surface area (Å²) in [5, 5.41) is 0. The van der Waals surface area contributed by atoms with Gasteiger partial charge in [-0.15, -0.1) is 0 Å². The highest BCUT2D eigenvalue weighted by molar-refractivity contribution is 7.92. The van der Waals surface area contributed by atoms with Gasteiger partial charge < -0.3 is 0 Å². The molecule has 1 heterocycles. The number of aryl methyl sites for hydroxylation is 1. The lowest BCUT2D eigenvalue weighted by atomic mass is 10.0. The van der Waals surface area contributed by atoms with Crippen molar-refractivity contribution >= 4 is 15.7 Å². The molecule has 0 saturated carbocycles. The Kier molecular flexibility index (Phi) is 7.19. The van der Waals surface area contributed by atoms with Crippen LogP contribution in [0.4, 0.5) is 23.2 Å². The van der Waals surface area contributed by atoms with Crippen molar-refractivity contribution in [1.82, 2.24) is 4.90 Å². The van der Waals surface area contributed by atoms with Crippen LogP contribution in [0.5, 0.6) is 0 Å². The van der Waals surface area contributed by atoms with Gasteiger partial charge in [0, 0.05) is 25.7 Å². The molecule has 0 N–H and O–H groups in total. The molecule has 0 amide bonds. The average Bonchev–Trinajstić information content (AvgIpc) is 2.81. The maximum absolute atomic E-state index is 13.7. The smallest absolute Gasteiger partial charge is 0.299 e. The summed E-state index contributed by atoms with van der Waals surface area (Å²) in [7, 11) is -3.90. The minimum absolute atomic E-state index is 0.175. The maximum Gasteiger partial charge on any atom is 0.416 e. The summed E-state index contributed by atoms with van der Waals surface area (Å²) >= 11 is 0. The predicted octanol–water partition coefficient (Wildman–Crippen LogP) is 6.01. The van der Waals surface area contributed by atoms with Gasteiger partial charge in [0.25, 0.3) is 10.0 Å². The molecule has 186 valence electrons. The van der Waals surface area contributed by atoms with Crippen LogP contribution in [0.1, 0.15) is 29.5 Å². The first-order valence-electron chi connectivity index (χ1n) is 11.3. The molecule has 9 heteroatoms. The Morgan fingerprint density at radius 1 is 0.943 bits per heavy atom. The van der Waals surface area contributed by atoms with E-state index >= 15 is 0 Å². The van der Waals surface area contributed by atoms with Crippen molar-refractivity contribution in [3.63, 3.8) is 0 Å². The summed E-state index contributed by atoms with van der Waals surface area (Å²) in [6.45, 7) is 3.45. The molecule has 0 unspecified atom stereocenters. The van der Waals surface area contributed by atoms with Crippen LogP contribution in [-0.2, 0) is 22.7 Å². The van der Waals surface area contributed by atoms with E-state index in [4.69, 9.17) is 0 Å². The molecular weight excluding hydrogens is 480 g/mol. The fourth-order valence-electron chi connectivity index (χ4n) is 4.39. The molecule has 35 heavy (non-hydrogen) atoms. The molecule has 1 fully saturated rings. The summed E-state index contributed by atoms with van der Waals surface area (Å²) in [6, 6.07) is 16.9.